The second-order valence-electron chi connectivity index (χ2n) is 7.45. The van der Waals surface area contributed by atoms with E-state index in [-0.39, 0.29) is 0 Å². The van der Waals surface area contributed by atoms with E-state index in [0.29, 0.717) is 9.04 Å². The zero-order chi connectivity index (χ0) is 18.7. The first-order valence-corrected chi connectivity index (χ1v) is 11.9. The molecule has 0 fully saturated rings. The highest BCUT2D eigenvalue weighted by atomic mass is 29.1. The fourth-order valence-corrected chi connectivity index (χ4v) is 5.19. The van der Waals surface area contributed by atoms with Crippen molar-refractivity contribution in [3.8, 4) is 0 Å². The van der Waals surface area contributed by atoms with E-state index in [2.05, 4.69) is 101 Å². The molecule has 0 amide bonds. The number of fused-ring (bicyclic) bond motifs is 6. The molecule has 0 saturated heterocycles. The number of benzene rings is 6. The van der Waals surface area contributed by atoms with Gasteiger partial charge in [0, 0.05) is 9.76 Å². The molecular formula is C26H15Si2. The molecule has 2 heteroatoms. The molecule has 0 N–H and O–H groups in total. The molecule has 28 heavy (non-hydrogen) atoms. The van der Waals surface area contributed by atoms with E-state index in [4.69, 9.17) is 0 Å². The van der Waals surface area contributed by atoms with Crippen LogP contribution in [0, 0.1) is 0 Å². The van der Waals surface area contributed by atoms with Crippen molar-refractivity contribution in [2.75, 3.05) is 0 Å². The fraction of sp³-hybridized carbons (Fsp3) is 0. The van der Waals surface area contributed by atoms with Crippen LogP contribution in [-0.4, -0.2) is 18.8 Å². The maximum atomic E-state index is 3.66. The Kier molecular flexibility index (Phi) is 3.45. The van der Waals surface area contributed by atoms with Crippen LogP contribution in [0.15, 0.2) is 91.0 Å². The van der Waals surface area contributed by atoms with E-state index in [0.717, 1.165) is 0 Å². The molecule has 127 valence electrons. The normalized spacial score (nSPS) is 11.9. The maximum absolute atomic E-state index is 3.66. The van der Waals surface area contributed by atoms with Crippen LogP contribution in [0.1, 0.15) is 0 Å². The molecule has 5 radical (unpaired) electrons. The molecule has 0 bridgehead atoms. The molecular weight excluding hydrogens is 368 g/mol. The summed E-state index contributed by atoms with van der Waals surface area (Å²) in [5, 5.41) is 14.4. The van der Waals surface area contributed by atoms with Gasteiger partial charge in [-0.05, 0) is 90.3 Å². The van der Waals surface area contributed by atoms with Gasteiger partial charge in [0.1, 0.15) is 0 Å². The topological polar surface area (TPSA) is 0 Å². The molecule has 0 saturated carbocycles. The predicted molar refractivity (Wildman–Crippen MR) is 125 cm³/mol. The molecule has 0 atom stereocenters. The van der Waals surface area contributed by atoms with E-state index >= 15 is 0 Å². The largest absolute Gasteiger partial charge is 0.0675 e. The smallest absolute Gasteiger partial charge is 0.0604 e. The average Bonchev–Trinajstić information content (AvgIpc) is 2.74. The minimum atomic E-state index is 0.635. The molecule has 0 aliphatic rings. The minimum Gasteiger partial charge on any atom is -0.0675 e. The Morgan fingerprint density at radius 1 is 0.429 bits per heavy atom. The van der Waals surface area contributed by atoms with Crippen LogP contribution in [0.2, 0.25) is 0 Å². The Hall–Kier alpha value is -2.95. The van der Waals surface area contributed by atoms with Crippen molar-refractivity contribution in [2.45, 2.75) is 0 Å². The summed E-state index contributed by atoms with van der Waals surface area (Å²) in [5.74, 6) is 0. The van der Waals surface area contributed by atoms with Crippen LogP contribution in [0.3, 0.4) is 0 Å². The van der Waals surface area contributed by atoms with Gasteiger partial charge in [0.15, 0.2) is 0 Å². The molecule has 6 aromatic carbocycles. The van der Waals surface area contributed by atoms with Crippen LogP contribution in [0.4, 0.5) is 0 Å². The minimum absolute atomic E-state index is 0.635. The Balaban J connectivity index is 1.73. The molecule has 0 aliphatic heterocycles. The molecule has 6 aromatic rings. The highest BCUT2D eigenvalue weighted by molar-refractivity contribution is 6.97. The number of hydrogen-bond acceptors (Lipinski definition) is 0. The summed E-state index contributed by atoms with van der Waals surface area (Å²) < 4.78 is 0. The lowest BCUT2D eigenvalue weighted by Gasteiger charge is -2.10. The molecule has 0 spiro atoms. The first-order chi connectivity index (χ1) is 13.8. The lowest BCUT2D eigenvalue weighted by Crippen LogP contribution is -2.12. The van der Waals surface area contributed by atoms with Gasteiger partial charge in [0.05, 0.1) is 9.04 Å². The van der Waals surface area contributed by atoms with Crippen LogP contribution in [-0.2, 0) is 0 Å². The summed E-state index contributed by atoms with van der Waals surface area (Å²) in [7, 11) is 4.29. The van der Waals surface area contributed by atoms with Crippen LogP contribution >= 0.6 is 0 Å². The van der Waals surface area contributed by atoms with E-state index in [9.17, 15) is 0 Å². The van der Waals surface area contributed by atoms with Crippen molar-refractivity contribution in [3.63, 3.8) is 0 Å². The molecule has 0 nitrogen and oxygen atoms in total. The van der Waals surface area contributed by atoms with E-state index < -0.39 is 0 Å². The van der Waals surface area contributed by atoms with Gasteiger partial charge in [-0.2, -0.15) is 0 Å². The third-order valence-electron chi connectivity index (χ3n) is 5.76. The fourth-order valence-electron chi connectivity index (χ4n) is 4.32. The zero-order valence-corrected chi connectivity index (χ0v) is 17.2. The molecule has 0 unspecified atom stereocenters. The predicted octanol–water partition coefficient (Wildman–Crippen LogP) is 5.87. The SMILES string of the molecule is [Si][Si]c1ccc2cc3ccc4cc5cc6ccccc6cc5cc4c3cc2c1. The Morgan fingerprint density at radius 2 is 0.893 bits per heavy atom. The van der Waals surface area contributed by atoms with Gasteiger partial charge in [-0.25, -0.2) is 0 Å². The number of rotatable bonds is 1. The molecule has 0 aromatic heterocycles. The zero-order valence-electron chi connectivity index (χ0n) is 15.2. The third kappa shape index (κ3) is 2.42. The first kappa shape index (κ1) is 16.0. The van der Waals surface area contributed by atoms with Crippen LogP contribution < -0.4 is 5.19 Å². The molecule has 0 aliphatic carbocycles. The lowest BCUT2D eigenvalue weighted by molar-refractivity contribution is 1.79. The molecule has 0 heterocycles. The van der Waals surface area contributed by atoms with E-state index in [1.54, 1.807) is 0 Å². The van der Waals surface area contributed by atoms with E-state index in [1.807, 2.05) is 0 Å². The van der Waals surface area contributed by atoms with Gasteiger partial charge in [-0.3, -0.25) is 0 Å². The van der Waals surface area contributed by atoms with Gasteiger partial charge < -0.3 is 0 Å². The highest BCUT2D eigenvalue weighted by Gasteiger charge is 2.06. The summed E-state index contributed by atoms with van der Waals surface area (Å²) in [6.45, 7) is 0. The molecule has 6 rings (SSSR count). The van der Waals surface area contributed by atoms with Crippen molar-refractivity contribution in [1.29, 1.82) is 0 Å². The first-order valence-electron chi connectivity index (χ1n) is 9.44. The quantitative estimate of drug-likeness (QED) is 0.189. The van der Waals surface area contributed by atoms with Gasteiger partial charge in [0.2, 0.25) is 0 Å². The Bertz CT molecular complexity index is 1550. The van der Waals surface area contributed by atoms with Gasteiger partial charge in [0.25, 0.3) is 0 Å². The summed E-state index contributed by atoms with van der Waals surface area (Å²) in [5.41, 5.74) is 0. The summed E-state index contributed by atoms with van der Waals surface area (Å²) in [6, 6.07) is 33.8. The van der Waals surface area contributed by atoms with Crippen molar-refractivity contribution >= 4 is 77.8 Å². The maximum Gasteiger partial charge on any atom is 0.0604 e. The lowest BCUT2D eigenvalue weighted by atomic mass is 9.95. The van der Waals surface area contributed by atoms with Gasteiger partial charge in [-0.15, -0.1) is 0 Å². The van der Waals surface area contributed by atoms with Crippen molar-refractivity contribution in [3.05, 3.63) is 91.0 Å². The summed E-state index contributed by atoms with van der Waals surface area (Å²) in [6.07, 6.45) is 0. The average molecular weight is 384 g/mol. The van der Waals surface area contributed by atoms with E-state index in [1.165, 1.54) is 59.0 Å². The standard InChI is InChI=1S/C26H15Si2/c27-28-24-8-7-18-9-19-5-6-20-12-21-10-16-3-1-2-4-17(16)11-22(21)14-25(20)26(19)15-23(18)13-24/h1-15H. The highest BCUT2D eigenvalue weighted by Crippen LogP contribution is 2.33. The van der Waals surface area contributed by atoms with Crippen LogP contribution in [0.5, 0.6) is 0 Å². The third-order valence-corrected chi connectivity index (χ3v) is 7.22. The Labute approximate surface area is 168 Å². The van der Waals surface area contributed by atoms with Gasteiger partial charge in [-0.1, -0.05) is 59.8 Å². The van der Waals surface area contributed by atoms with Crippen molar-refractivity contribution < 1.29 is 0 Å². The van der Waals surface area contributed by atoms with Crippen molar-refractivity contribution in [1.82, 2.24) is 0 Å². The number of hydrogen-bond donors (Lipinski definition) is 0. The van der Waals surface area contributed by atoms with Crippen molar-refractivity contribution in [2.24, 2.45) is 0 Å². The second-order valence-corrected chi connectivity index (χ2v) is 9.02. The van der Waals surface area contributed by atoms with Crippen LogP contribution in [0.25, 0.3) is 53.9 Å². The second kappa shape index (κ2) is 6.03. The summed E-state index contributed by atoms with van der Waals surface area (Å²) >= 11 is 0. The monoisotopic (exact) mass is 383 g/mol. The van der Waals surface area contributed by atoms with Gasteiger partial charge >= 0.3 is 0 Å². The summed E-state index contributed by atoms with van der Waals surface area (Å²) in [4.78, 5) is 0. The Morgan fingerprint density at radius 3 is 1.54 bits per heavy atom.